The van der Waals surface area contributed by atoms with Crippen LogP contribution in [0.15, 0.2) is 29.0 Å². The van der Waals surface area contributed by atoms with E-state index in [0.717, 1.165) is 36.6 Å². The van der Waals surface area contributed by atoms with Gasteiger partial charge in [-0.05, 0) is 42.3 Å². The second-order valence-corrected chi connectivity index (χ2v) is 4.98. The average molecular weight is 262 g/mol. The van der Waals surface area contributed by atoms with Gasteiger partial charge in [0.2, 0.25) is 0 Å². The molecule has 2 aromatic rings. The summed E-state index contributed by atoms with van der Waals surface area (Å²) in [5.41, 5.74) is 3.41. The van der Waals surface area contributed by atoms with E-state index >= 15 is 0 Å². The lowest BCUT2D eigenvalue weighted by Gasteiger charge is -2.07. The summed E-state index contributed by atoms with van der Waals surface area (Å²) in [5.74, 6) is 0.872. The molecule has 96 valence electrons. The van der Waals surface area contributed by atoms with Crippen molar-refractivity contribution in [3.63, 3.8) is 0 Å². The average Bonchev–Trinajstić information content (AvgIpc) is 2.87. The third kappa shape index (κ3) is 3.82. The Bertz CT molecular complexity index is 483. The van der Waals surface area contributed by atoms with Gasteiger partial charge in [0.15, 0.2) is 0 Å². The molecule has 4 heteroatoms. The third-order valence-electron chi connectivity index (χ3n) is 2.69. The Balaban J connectivity index is 1.81. The van der Waals surface area contributed by atoms with E-state index in [-0.39, 0.29) is 0 Å². The van der Waals surface area contributed by atoms with Crippen LogP contribution >= 0.6 is 11.3 Å². The van der Waals surface area contributed by atoms with Crippen molar-refractivity contribution in [3.05, 3.63) is 45.9 Å². The van der Waals surface area contributed by atoms with Crippen LogP contribution in [0.1, 0.15) is 17.0 Å². The molecule has 0 spiro atoms. The van der Waals surface area contributed by atoms with E-state index in [0.29, 0.717) is 0 Å². The number of hydrogen-bond donors (Lipinski definition) is 1. The fourth-order valence-electron chi connectivity index (χ4n) is 1.80. The van der Waals surface area contributed by atoms with Gasteiger partial charge in [0.05, 0.1) is 12.8 Å². The van der Waals surface area contributed by atoms with Crippen molar-refractivity contribution in [3.8, 4) is 5.75 Å². The smallest absolute Gasteiger partial charge is 0.122 e. The highest BCUT2D eigenvalue weighted by Gasteiger charge is 2.00. The summed E-state index contributed by atoms with van der Waals surface area (Å²) < 4.78 is 5.23. The van der Waals surface area contributed by atoms with Crippen LogP contribution in [-0.2, 0) is 13.0 Å². The topological polar surface area (TPSA) is 34.1 Å². The monoisotopic (exact) mass is 262 g/mol. The lowest BCUT2D eigenvalue weighted by atomic mass is 10.2. The van der Waals surface area contributed by atoms with Gasteiger partial charge in [0.25, 0.3) is 0 Å². The number of nitrogens with one attached hydrogen (secondary N) is 1. The molecule has 0 aliphatic rings. The SMILES string of the molecule is COc1cc(C)nc(CNCCc2ccsc2)c1. The van der Waals surface area contributed by atoms with Crippen molar-refractivity contribution >= 4 is 11.3 Å². The second-order valence-electron chi connectivity index (χ2n) is 4.20. The summed E-state index contributed by atoms with van der Waals surface area (Å²) >= 11 is 1.74. The van der Waals surface area contributed by atoms with Crippen molar-refractivity contribution in [2.24, 2.45) is 0 Å². The largest absolute Gasteiger partial charge is 0.497 e. The Morgan fingerprint density at radius 2 is 2.28 bits per heavy atom. The summed E-state index contributed by atoms with van der Waals surface area (Å²) in [7, 11) is 1.68. The highest BCUT2D eigenvalue weighted by Crippen LogP contribution is 2.13. The summed E-state index contributed by atoms with van der Waals surface area (Å²) in [6, 6.07) is 6.08. The van der Waals surface area contributed by atoms with E-state index in [2.05, 4.69) is 27.1 Å². The molecule has 0 amide bonds. The lowest BCUT2D eigenvalue weighted by molar-refractivity contribution is 0.412. The van der Waals surface area contributed by atoms with Gasteiger partial charge in [0.1, 0.15) is 5.75 Å². The Morgan fingerprint density at radius 3 is 3.00 bits per heavy atom. The normalized spacial score (nSPS) is 10.6. The van der Waals surface area contributed by atoms with Crippen LogP contribution in [0.4, 0.5) is 0 Å². The Labute approximate surface area is 112 Å². The maximum atomic E-state index is 5.23. The van der Waals surface area contributed by atoms with E-state index in [9.17, 15) is 0 Å². The van der Waals surface area contributed by atoms with Crippen LogP contribution in [0.25, 0.3) is 0 Å². The van der Waals surface area contributed by atoms with E-state index in [1.807, 2.05) is 19.1 Å². The first-order valence-corrected chi connectivity index (χ1v) is 6.95. The van der Waals surface area contributed by atoms with Gasteiger partial charge in [0, 0.05) is 24.4 Å². The fourth-order valence-corrected chi connectivity index (χ4v) is 2.50. The van der Waals surface area contributed by atoms with Crippen molar-refractivity contribution in [1.29, 1.82) is 0 Å². The first-order chi connectivity index (χ1) is 8.78. The fraction of sp³-hybridized carbons (Fsp3) is 0.357. The standard InChI is InChI=1S/C14H18N2OS/c1-11-7-14(17-2)8-13(16-11)9-15-5-3-12-4-6-18-10-12/h4,6-8,10,15H,3,5,9H2,1-2H3. The number of aromatic nitrogens is 1. The predicted molar refractivity (Wildman–Crippen MR) is 75.3 cm³/mol. The summed E-state index contributed by atoms with van der Waals surface area (Å²) in [5, 5.41) is 7.71. The quantitative estimate of drug-likeness (QED) is 0.813. The van der Waals surface area contributed by atoms with Crippen LogP contribution in [0, 0.1) is 6.92 Å². The summed E-state index contributed by atoms with van der Waals surface area (Å²) in [4.78, 5) is 4.48. The molecule has 0 saturated heterocycles. The number of nitrogens with zero attached hydrogens (tertiary/aromatic N) is 1. The van der Waals surface area contributed by atoms with Gasteiger partial charge < -0.3 is 10.1 Å². The summed E-state index contributed by atoms with van der Waals surface area (Å²) in [6.07, 6.45) is 1.06. The summed E-state index contributed by atoms with van der Waals surface area (Å²) in [6.45, 7) is 3.73. The zero-order valence-electron chi connectivity index (χ0n) is 10.8. The molecule has 0 atom stereocenters. The highest BCUT2D eigenvalue weighted by molar-refractivity contribution is 7.07. The van der Waals surface area contributed by atoms with Gasteiger partial charge in [-0.25, -0.2) is 0 Å². The van der Waals surface area contributed by atoms with Gasteiger partial charge in [-0.1, -0.05) is 0 Å². The zero-order valence-corrected chi connectivity index (χ0v) is 11.6. The molecule has 0 saturated carbocycles. The van der Waals surface area contributed by atoms with Crippen LogP contribution in [0.5, 0.6) is 5.75 Å². The van der Waals surface area contributed by atoms with Crippen LogP contribution < -0.4 is 10.1 Å². The number of thiophene rings is 1. The highest BCUT2D eigenvalue weighted by atomic mass is 32.1. The lowest BCUT2D eigenvalue weighted by Crippen LogP contribution is -2.17. The minimum atomic E-state index is 0.780. The molecule has 2 heterocycles. The zero-order chi connectivity index (χ0) is 12.8. The Kier molecular flexibility index (Phi) is 4.73. The van der Waals surface area contributed by atoms with E-state index in [4.69, 9.17) is 4.74 Å². The third-order valence-corrected chi connectivity index (χ3v) is 3.42. The number of ether oxygens (including phenoxy) is 1. The van der Waals surface area contributed by atoms with Gasteiger partial charge >= 0.3 is 0 Å². The molecule has 18 heavy (non-hydrogen) atoms. The van der Waals surface area contributed by atoms with Crippen LogP contribution in [-0.4, -0.2) is 18.6 Å². The molecule has 0 aromatic carbocycles. The van der Waals surface area contributed by atoms with E-state index < -0.39 is 0 Å². The van der Waals surface area contributed by atoms with E-state index in [1.165, 1.54) is 5.56 Å². The second kappa shape index (κ2) is 6.52. The molecule has 0 bridgehead atoms. The molecule has 0 aliphatic heterocycles. The number of rotatable bonds is 6. The molecule has 0 unspecified atom stereocenters. The molecule has 3 nitrogen and oxygen atoms in total. The number of aryl methyl sites for hydroxylation is 1. The first kappa shape index (κ1) is 13.1. The minimum absolute atomic E-state index is 0.780. The van der Waals surface area contributed by atoms with Crippen molar-refractivity contribution in [2.45, 2.75) is 19.9 Å². The van der Waals surface area contributed by atoms with Crippen molar-refractivity contribution in [1.82, 2.24) is 10.3 Å². The molecule has 0 radical (unpaired) electrons. The number of methoxy groups -OCH3 is 1. The molecule has 2 rings (SSSR count). The number of pyridine rings is 1. The first-order valence-electron chi connectivity index (χ1n) is 6.01. The van der Waals surface area contributed by atoms with Crippen LogP contribution in [0.2, 0.25) is 0 Å². The molecular formula is C14H18N2OS. The van der Waals surface area contributed by atoms with Crippen molar-refractivity contribution in [2.75, 3.05) is 13.7 Å². The Hall–Kier alpha value is -1.39. The molecule has 1 N–H and O–H groups in total. The Morgan fingerprint density at radius 1 is 1.39 bits per heavy atom. The molecule has 0 aliphatic carbocycles. The molecule has 2 aromatic heterocycles. The van der Waals surface area contributed by atoms with Gasteiger partial charge in [-0.3, -0.25) is 4.98 Å². The maximum Gasteiger partial charge on any atom is 0.122 e. The predicted octanol–water partition coefficient (Wildman–Crippen LogP) is 2.79. The molecular weight excluding hydrogens is 244 g/mol. The van der Waals surface area contributed by atoms with Crippen molar-refractivity contribution < 1.29 is 4.74 Å². The van der Waals surface area contributed by atoms with E-state index in [1.54, 1.807) is 18.4 Å². The number of hydrogen-bond acceptors (Lipinski definition) is 4. The maximum absolute atomic E-state index is 5.23. The van der Waals surface area contributed by atoms with Gasteiger partial charge in [-0.15, -0.1) is 0 Å². The molecule has 0 fully saturated rings. The van der Waals surface area contributed by atoms with Gasteiger partial charge in [-0.2, -0.15) is 11.3 Å². The van der Waals surface area contributed by atoms with Crippen LogP contribution in [0.3, 0.4) is 0 Å². The minimum Gasteiger partial charge on any atom is -0.497 e.